The topological polar surface area (TPSA) is 29.1 Å². The van der Waals surface area contributed by atoms with Gasteiger partial charge in [0.2, 0.25) is 5.91 Å². The van der Waals surface area contributed by atoms with Crippen LogP contribution in [-0.4, -0.2) is 12.5 Å². The highest BCUT2D eigenvalue weighted by atomic mass is 35.5. The van der Waals surface area contributed by atoms with Gasteiger partial charge in [-0.2, -0.15) is 0 Å². The normalized spacial score (nSPS) is 9.62. The maximum atomic E-state index is 11.8. The lowest BCUT2D eigenvalue weighted by Crippen LogP contribution is -2.25. The monoisotopic (exact) mass is 297 g/mol. The molecule has 0 aromatic heterocycles. The third kappa shape index (κ3) is 4.98. The van der Waals surface area contributed by atoms with E-state index in [1.807, 2.05) is 49.4 Å². The summed E-state index contributed by atoms with van der Waals surface area (Å²) in [5.74, 6) is 5.82. The first-order valence-corrected chi connectivity index (χ1v) is 7.08. The van der Waals surface area contributed by atoms with Gasteiger partial charge in [0.25, 0.3) is 0 Å². The van der Waals surface area contributed by atoms with Gasteiger partial charge in [0, 0.05) is 5.56 Å². The zero-order valence-corrected chi connectivity index (χ0v) is 12.6. The van der Waals surface area contributed by atoms with Gasteiger partial charge in [-0.3, -0.25) is 4.79 Å². The summed E-state index contributed by atoms with van der Waals surface area (Å²) in [7, 11) is 0. The Balaban J connectivity index is 1.84. The van der Waals surface area contributed by atoms with Gasteiger partial charge in [0.1, 0.15) is 0 Å². The maximum Gasteiger partial charge on any atom is 0.225 e. The largest absolute Gasteiger partial charge is 0.345 e. The quantitative estimate of drug-likeness (QED) is 0.865. The van der Waals surface area contributed by atoms with Crippen molar-refractivity contribution in [1.29, 1.82) is 0 Å². The zero-order chi connectivity index (χ0) is 15.1. The lowest BCUT2D eigenvalue weighted by Gasteiger charge is -2.02. The first-order valence-electron chi connectivity index (χ1n) is 6.71. The predicted octanol–water partition coefficient (Wildman–Crippen LogP) is 3.36. The number of aryl methyl sites for hydroxylation is 1. The van der Waals surface area contributed by atoms with E-state index in [9.17, 15) is 4.79 Å². The summed E-state index contributed by atoms with van der Waals surface area (Å²) >= 11 is 6.00. The molecule has 0 radical (unpaired) electrons. The van der Waals surface area contributed by atoms with E-state index in [0.717, 1.165) is 16.7 Å². The fourth-order valence-electron chi connectivity index (χ4n) is 1.91. The Hall–Kier alpha value is -2.24. The van der Waals surface area contributed by atoms with Crippen LogP contribution in [0, 0.1) is 18.8 Å². The molecule has 2 aromatic rings. The SMILES string of the molecule is Cc1cccc(CC(=O)NCC#Cc2ccccc2Cl)c1. The van der Waals surface area contributed by atoms with E-state index in [4.69, 9.17) is 11.6 Å². The Labute approximate surface area is 130 Å². The van der Waals surface area contributed by atoms with Crippen LogP contribution in [0.2, 0.25) is 5.02 Å². The molecule has 0 atom stereocenters. The lowest BCUT2D eigenvalue weighted by molar-refractivity contribution is -0.120. The van der Waals surface area contributed by atoms with Crippen molar-refractivity contribution in [3.05, 3.63) is 70.2 Å². The number of nitrogens with one attached hydrogen (secondary N) is 1. The Morgan fingerprint density at radius 1 is 1.19 bits per heavy atom. The van der Waals surface area contributed by atoms with E-state index >= 15 is 0 Å². The molecule has 3 heteroatoms. The van der Waals surface area contributed by atoms with Crippen molar-refractivity contribution < 1.29 is 4.79 Å². The van der Waals surface area contributed by atoms with E-state index < -0.39 is 0 Å². The van der Waals surface area contributed by atoms with Crippen LogP contribution in [0.1, 0.15) is 16.7 Å². The molecular weight excluding hydrogens is 282 g/mol. The summed E-state index contributed by atoms with van der Waals surface area (Å²) in [4.78, 5) is 11.8. The first-order chi connectivity index (χ1) is 10.1. The molecule has 1 N–H and O–H groups in total. The molecule has 2 aromatic carbocycles. The average Bonchev–Trinajstić information content (AvgIpc) is 2.45. The fraction of sp³-hybridized carbons (Fsp3) is 0.167. The van der Waals surface area contributed by atoms with Crippen LogP contribution in [-0.2, 0) is 11.2 Å². The highest BCUT2D eigenvalue weighted by molar-refractivity contribution is 6.31. The number of amides is 1. The predicted molar refractivity (Wildman–Crippen MR) is 86.2 cm³/mol. The maximum absolute atomic E-state index is 11.8. The number of hydrogen-bond donors (Lipinski definition) is 1. The number of hydrogen-bond acceptors (Lipinski definition) is 1. The second kappa shape index (κ2) is 7.52. The molecule has 0 heterocycles. The number of halogens is 1. The van der Waals surface area contributed by atoms with Crippen LogP contribution in [0.4, 0.5) is 0 Å². The highest BCUT2D eigenvalue weighted by Gasteiger charge is 2.01. The fourth-order valence-corrected chi connectivity index (χ4v) is 2.10. The van der Waals surface area contributed by atoms with Crippen molar-refractivity contribution in [3.8, 4) is 11.8 Å². The Morgan fingerprint density at radius 2 is 2.00 bits per heavy atom. The summed E-state index contributed by atoms with van der Waals surface area (Å²) in [5.41, 5.74) is 2.93. The van der Waals surface area contributed by atoms with Gasteiger partial charge in [-0.05, 0) is 24.6 Å². The molecule has 2 rings (SSSR count). The van der Waals surface area contributed by atoms with Gasteiger partial charge in [-0.25, -0.2) is 0 Å². The first kappa shape index (κ1) is 15.2. The lowest BCUT2D eigenvalue weighted by atomic mass is 10.1. The van der Waals surface area contributed by atoms with E-state index in [0.29, 0.717) is 18.0 Å². The molecule has 1 amide bonds. The second-order valence-electron chi connectivity index (χ2n) is 4.72. The van der Waals surface area contributed by atoms with E-state index in [2.05, 4.69) is 17.2 Å². The van der Waals surface area contributed by atoms with Crippen LogP contribution in [0.5, 0.6) is 0 Å². The molecule has 0 fully saturated rings. The number of rotatable bonds is 3. The minimum Gasteiger partial charge on any atom is -0.345 e. The van der Waals surface area contributed by atoms with E-state index in [1.54, 1.807) is 6.07 Å². The smallest absolute Gasteiger partial charge is 0.225 e. The van der Waals surface area contributed by atoms with Crippen molar-refractivity contribution >= 4 is 17.5 Å². The Kier molecular flexibility index (Phi) is 5.43. The Morgan fingerprint density at radius 3 is 2.76 bits per heavy atom. The molecule has 0 unspecified atom stereocenters. The van der Waals surface area contributed by atoms with Gasteiger partial charge in [-0.15, -0.1) is 0 Å². The van der Waals surface area contributed by atoms with Crippen LogP contribution >= 0.6 is 11.6 Å². The Bertz CT molecular complexity index is 698. The molecule has 21 heavy (non-hydrogen) atoms. The number of benzene rings is 2. The van der Waals surface area contributed by atoms with Gasteiger partial charge in [0.15, 0.2) is 0 Å². The van der Waals surface area contributed by atoms with Crippen LogP contribution in [0.25, 0.3) is 0 Å². The van der Waals surface area contributed by atoms with Crippen molar-refractivity contribution in [1.82, 2.24) is 5.32 Å². The van der Waals surface area contributed by atoms with Crippen LogP contribution in [0.3, 0.4) is 0 Å². The van der Waals surface area contributed by atoms with Crippen molar-refractivity contribution in [3.63, 3.8) is 0 Å². The number of carbonyl (C=O) groups is 1. The van der Waals surface area contributed by atoms with Gasteiger partial charge in [0.05, 0.1) is 18.0 Å². The van der Waals surface area contributed by atoms with Crippen molar-refractivity contribution in [2.45, 2.75) is 13.3 Å². The summed E-state index contributed by atoms with van der Waals surface area (Å²) in [5, 5.41) is 3.41. The number of carbonyl (C=O) groups excluding carboxylic acids is 1. The van der Waals surface area contributed by atoms with Gasteiger partial charge in [-0.1, -0.05) is 65.4 Å². The van der Waals surface area contributed by atoms with E-state index in [-0.39, 0.29) is 5.91 Å². The molecule has 0 spiro atoms. The van der Waals surface area contributed by atoms with Gasteiger partial charge >= 0.3 is 0 Å². The minimum atomic E-state index is -0.0333. The van der Waals surface area contributed by atoms with E-state index in [1.165, 1.54) is 0 Å². The summed E-state index contributed by atoms with van der Waals surface area (Å²) in [6, 6.07) is 15.3. The third-order valence-corrected chi connectivity index (χ3v) is 3.25. The summed E-state index contributed by atoms with van der Waals surface area (Å²) in [6.45, 7) is 2.33. The van der Waals surface area contributed by atoms with Crippen LogP contribution in [0.15, 0.2) is 48.5 Å². The molecule has 106 valence electrons. The summed E-state index contributed by atoms with van der Waals surface area (Å²) in [6.07, 6.45) is 0.370. The minimum absolute atomic E-state index is 0.0333. The molecule has 0 saturated carbocycles. The molecule has 0 aliphatic heterocycles. The van der Waals surface area contributed by atoms with Gasteiger partial charge < -0.3 is 5.32 Å². The van der Waals surface area contributed by atoms with Crippen molar-refractivity contribution in [2.24, 2.45) is 0 Å². The molecule has 2 nitrogen and oxygen atoms in total. The molecule has 0 bridgehead atoms. The average molecular weight is 298 g/mol. The molecule has 0 aliphatic rings. The molecular formula is C18H16ClNO. The highest BCUT2D eigenvalue weighted by Crippen LogP contribution is 2.12. The second-order valence-corrected chi connectivity index (χ2v) is 5.13. The standard InChI is InChI=1S/C18H16ClNO/c1-14-6-4-7-15(12-14)13-18(21)20-11-5-9-16-8-2-3-10-17(16)19/h2-4,6-8,10,12H,11,13H2,1H3,(H,20,21). The molecule has 0 aliphatic carbocycles. The van der Waals surface area contributed by atoms with Crippen LogP contribution < -0.4 is 5.32 Å². The summed E-state index contributed by atoms with van der Waals surface area (Å²) < 4.78 is 0. The van der Waals surface area contributed by atoms with Crippen molar-refractivity contribution in [2.75, 3.05) is 6.54 Å². The third-order valence-electron chi connectivity index (χ3n) is 2.92. The molecule has 0 saturated heterocycles. The zero-order valence-electron chi connectivity index (χ0n) is 11.8.